The number of benzene rings is 2. The third-order valence-electron chi connectivity index (χ3n) is 7.37. The fourth-order valence-electron chi connectivity index (χ4n) is 5.28. The summed E-state index contributed by atoms with van der Waals surface area (Å²) in [5.74, 6) is 0.469. The summed E-state index contributed by atoms with van der Waals surface area (Å²) in [5, 5.41) is 7.13. The molecule has 2 N–H and O–H groups in total. The van der Waals surface area contributed by atoms with Crippen LogP contribution in [0.25, 0.3) is 5.69 Å². The summed E-state index contributed by atoms with van der Waals surface area (Å²) in [6, 6.07) is 21.8. The molecule has 0 unspecified atom stereocenters. The van der Waals surface area contributed by atoms with Gasteiger partial charge in [-0.25, -0.2) is 0 Å². The van der Waals surface area contributed by atoms with Crippen LogP contribution in [0.1, 0.15) is 55.5 Å². The van der Waals surface area contributed by atoms with Gasteiger partial charge in [-0.05, 0) is 90.0 Å². The highest BCUT2D eigenvalue weighted by atomic mass is 79.9. The maximum atomic E-state index is 12.7. The summed E-state index contributed by atoms with van der Waals surface area (Å²) in [4.78, 5) is 19.5. The summed E-state index contributed by atoms with van der Waals surface area (Å²) in [7, 11) is 1.60. The first kappa shape index (κ1) is 28.8. The van der Waals surface area contributed by atoms with Crippen LogP contribution >= 0.6 is 28.1 Å². The number of nitrogens with one attached hydrogen (secondary N) is 2. The number of aryl methyl sites for hydroxylation is 1. The lowest BCUT2D eigenvalue weighted by molar-refractivity contribution is -0.123. The largest absolute Gasteiger partial charge is 0.494 e. The minimum Gasteiger partial charge on any atom is -0.494 e. The van der Waals surface area contributed by atoms with Gasteiger partial charge in [-0.15, -0.1) is 0 Å². The van der Waals surface area contributed by atoms with Crippen molar-refractivity contribution < 1.29 is 9.53 Å². The van der Waals surface area contributed by atoms with E-state index in [-0.39, 0.29) is 18.0 Å². The van der Waals surface area contributed by atoms with Gasteiger partial charge in [0.1, 0.15) is 5.75 Å². The molecule has 0 aliphatic carbocycles. The van der Waals surface area contributed by atoms with Crippen molar-refractivity contribution in [1.29, 1.82) is 0 Å². The average molecular weight is 633 g/mol. The molecule has 1 aliphatic heterocycles. The zero-order chi connectivity index (χ0) is 29.5. The number of pyridine rings is 1. The zero-order valence-corrected chi connectivity index (χ0v) is 26.4. The van der Waals surface area contributed by atoms with E-state index in [1.807, 2.05) is 69.3 Å². The van der Waals surface area contributed by atoms with Crippen LogP contribution in [0.15, 0.2) is 77.4 Å². The zero-order valence-electron chi connectivity index (χ0n) is 24.0. The summed E-state index contributed by atoms with van der Waals surface area (Å²) in [6.45, 7) is 9.90. The Morgan fingerprint density at radius 2 is 1.80 bits per heavy atom. The number of ether oxygens (including phenoxy) is 1. The van der Waals surface area contributed by atoms with E-state index in [1.165, 1.54) is 0 Å². The molecule has 5 rings (SSSR count). The lowest BCUT2D eigenvalue weighted by Crippen LogP contribution is -2.30. The molecule has 2 aromatic heterocycles. The highest BCUT2D eigenvalue weighted by molar-refractivity contribution is 9.10. The van der Waals surface area contributed by atoms with Crippen LogP contribution < -0.4 is 20.3 Å². The van der Waals surface area contributed by atoms with Crippen molar-refractivity contribution in [2.75, 3.05) is 17.3 Å². The molecule has 1 fully saturated rings. The summed E-state index contributed by atoms with van der Waals surface area (Å²) < 4.78 is 9.02. The van der Waals surface area contributed by atoms with Crippen molar-refractivity contribution in [3.05, 3.63) is 100 Å². The van der Waals surface area contributed by atoms with Gasteiger partial charge in [0.15, 0.2) is 5.11 Å². The second-order valence-electron chi connectivity index (χ2n) is 11.2. The second-order valence-corrected chi connectivity index (χ2v) is 12.4. The lowest BCUT2D eigenvalue weighted by Gasteiger charge is -2.29. The number of hydrogen-bond donors (Lipinski definition) is 2. The number of carbonyl (C=O) groups is 1. The van der Waals surface area contributed by atoms with Gasteiger partial charge in [-0.1, -0.05) is 39.0 Å². The third-order valence-corrected chi connectivity index (χ3v) is 8.36. The molecule has 1 amide bonds. The molecule has 4 aromatic rings. The molecular weight excluding hydrogens is 598 g/mol. The van der Waals surface area contributed by atoms with Crippen molar-refractivity contribution >= 4 is 50.5 Å². The molecule has 1 aliphatic rings. The van der Waals surface area contributed by atoms with E-state index in [0.717, 1.165) is 38.5 Å². The van der Waals surface area contributed by atoms with Crippen LogP contribution in [-0.4, -0.2) is 27.7 Å². The third kappa shape index (κ3) is 5.48. The molecule has 9 heteroatoms. The van der Waals surface area contributed by atoms with Gasteiger partial charge in [0, 0.05) is 39.2 Å². The van der Waals surface area contributed by atoms with Crippen LogP contribution in [0, 0.1) is 19.3 Å². The Labute approximate surface area is 255 Å². The second kappa shape index (κ2) is 11.3. The lowest BCUT2D eigenvalue weighted by atomic mass is 9.95. The Kier molecular flexibility index (Phi) is 7.94. The van der Waals surface area contributed by atoms with E-state index in [1.54, 1.807) is 13.3 Å². The van der Waals surface area contributed by atoms with E-state index < -0.39 is 5.41 Å². The van der Waals surface area contributed by atoms with Gasteiger partial charge in [-0.3, -0.25) is 9.78 Å². The predicted octanol–water partition coefficient (Wildman–Crippen LogP) is 7.42. The molecule has 2 aromatic carbocycles. The van der Waals surface area contributed by atoms with E-state index in [9.17, 15) is 4.79 Å². The molecule has 212 valence electrons. The number of anilines is 2. The number of nitrogens with zero attached hydrogens (tertiary/aromatic N) is 3. The molecule has 0 bridgehead atoms. The van der Waals surface area contributed by atoms with Crippen LogP contribution in [0.3, 0.4) is 0 Å². The number of amides is 1. The highest BCUT2D eigenvalue weighted by Gasteiger charge is 2.42. The van der Waals surface area contributed by atoms with Crippen molar-refractivity contribution in [1.82, 2.24) is 14.9 Å². The van der Waals surface area contributed by atoms with Gasteiger partial charge < -0.3 is 24.8 Å². The number of halogens is 1. The molecule has 0 saturated carbocycles. The van der Waals surface area contributed by atoms with Crippen molar-refractivity contribution in [2.24, 2.45) is 5.41 Å². The number of para-hydroxylation sites is 1. The molecule has 0 radical (unpaired) electrons. The number of thiocarbonyl (C=S) groups is 1. The molecule has 3 heterocycles. The first-order chi connectivity index (χ1) is 19.5. The van der Waals surface area contributed by atoms with Crippen LogP contribution in [-0.2, 0) is 4.79 Å². The first-order valence-corrected chi connectivity index (χ1v) is 14.6. The maximum Gasteiger partial charge on any atom is 0.229 e. The molecule has 7 nitrogen and oxygen atoms in total. The average Bonchev–Trinajstić information content (AvgIpc) is 3.44. The number of aromatic nitrogens is 2. The van der Waals surface area contributed by atoms with Crippen molar-refractivity contribution in [3.63, 3.8) is 0 Å². The topological polar surface area (TPSA) is 71.4 Å². The standard InChI is InChI=1S/C32H34BrN5O2S/c1-19-17-22(20(2)37(19)26-13-8-7-11-23(26)33)29-28(25-12-9-10-16-34-25)36-31(41)38(29)21-14-15-24(27(18-21)40-6)35-30(39)32(3,4)5/h7-18,28-29H,1-6H3,(H,35,39)(H,36,41)/t28-,29-/m0/s1. The Morgan fingerprint density at radius 1 is 1.07 bits per heavy atom. The molecule has 1 saturated heterocycles. The van der Waals surface area contributed by atoms with E-state index in [2.05, 4.69) is 68.1 Å². The van der Waals surface area contributed by atoms with E-state index >= 15 is 0 Å². The molecule has 2 atom stereocenters. The van der Waals surface area contributed by atoms with E-state index in [0.29, 0.717) is 16.5 Å². The smallest absolute Gasteiger partial charge is 0.229 e. The van der Waals surface area contributed by atoms with Crippen LogP contribution in [0.5, 0.6) is 5.75 Å². The fraction of sp³-hybridized carbons (Fsp3) is 0.281. The summed E-state index contributed by atoms with van der Waals surface area (Å²) >= 11 is 9.70. The molecule has 0 spiro atoms. The summed E-state index contributed by atoms with van der Waals surface area (Å²) in [6.07, 6.45) is 1.81. The minimum atomic E-state index is -0.540. The number of rotatable bonds is 6. The Hall–Kier alpha value is -3.69. The fourth-order valence-corrected chi connectivity index (χ4v) is 6.09. The monoisotopic (exact) mass is 631 g/mol. The quantitative estimate of drug-likeness (QED) is 0.216. The predicted molar refractivity (Wildman–Crippen MR) is 172 cm³/mol. The van der Waals surface area contributed by atoms with E-state index in [4.69, 9.17) is 21.9 Å². The minimum absolute atomic E-state index is 0.0884. The van der Waals surface area contributed by atoms with Crippen LogP contribution in [0.2, 0.25) is 0 Å². The summed E-state index contributed by atoms with van der Waals surface area (Å²) in [5.41, 5.74) is 6.24. The van der Waals surface area contributed by atoms with Gasteiger partial charge in [0.05, 0.1) is 36.3 Å². The number of carbonyl (C=O) groups excluding carboxylic acids is 1. The van der Waals surface area contributed by atoms with Gasteiger partial charge >= 0.3 is 0 Å². The van der Waals surface area contributed by atoms with Gasteiger partial charge in [-0.2, -0.15) is 0 Å². The Bertz CT molecular complexity index is 1610. The Balaban J connectivity index is 1.64. The van der Waals surface area contributed by atoms with Crippen molar-refractivity contribution in [3.8, 4) is 11.4 Å². The SMILES string of the molecule is COc1cc(N2C(=S)N[C@@H](c3ccccn3)[C@@H]2c2cc(C)n(-c3ccccc3Br)c2C)ccc1NC(=O)C(C)(C)C. The highest BCUT2D eigenvalue weighted by Crippen LogP contribution is 2.45. The number of hydrogen-bond acceptors (Lipinski definition) is 4. The van der Waals surface area contributed by atoms with Crippen LogP contribution in [0.4, 0.5) is 11.4 Å². The van der Waals surface area contributed by atoms with Crippen molar-refractivity contribution in [2.45, 2.75) is 46.7 Å². The normalized spacial score (nSPS) is 17.0. The number of methoxy groups -OCH3 is 1. The van der Waals surface area contributed by atoms with Gasteiger partial charge in [0.25, 0.3) is 0 Å². The molecule has 41 heavy (non-hydrogen) atoms. The molecular formula is C32H34BrN5O2S. The van der Waals surface area contributed by atoms with Gasteiger partial charge in [0.2, 0.25) is 5.91 Å². The maximum absolute atomic E-state index is 12.7. The first-order valence-electron chi connectivity index (χ1n) is 13.4. The Morgan fingerprint density at radius 3 is 2.46 bits per heavy atom.